The van der Waals surface area contributed by atoms with Gasteiger partial charge in [0.25, 0.3) is 11.8 Å². The Balaban J connectivity index is 1.59. The van der Waals surface area contributed by atoms with Crippen molar-refractivity contribution in [2.45, 2.75) is 46.1 Å². The third-order valence-electron chi connectivity index (χ3n) is 5.89. The lowest BCUT2D eigenvalue weighted by atomic mass is 9.92. The number of carbonyl (C=O) groups excluding carboxylic acids is 2. The predicted molar refractivity (Wildman–Crippen MR) is 127 cm³/mol. The summed E-state index contributed by atoms with van der Waals surface area (Å²) in [7, 11) is 0. The van der Waals surface area contributed by atoms with Gasteiger partial charge in [0.1, 0.15) is 17.5 Å². The molecule has 8 nitrogen and oxygen atoms in total. The summed E-state index contributed by atoms with van der Waals surface area (Å²) in [5, 5.41) is 11.8. The van der Waals surface area contributed by atoms with Gasteiger partial charge in [-0.3, -0.25) is 14.7 Å². The molecule has 0 saturated heterocycles. The van der Waals surface area contributed by atoms with Gasteiger partial charge in [0.15, 0.2) is 11.6 Å². The molecule has 4 rings (SSSR count). The second-order valence-corrected chi connectivity index (χ2v) is 8.53. The molecule has 12 heteroatoms. The zero-order chi connectivity index (χ0) is 26.9. The Morgan fingerprint density at radius 3 is 2.59 bits per heavy atom. The van der Waals surface area contributed by atoms with Gasteiger partial charge in [-0.05, 0) is 43.7 Å². The van der Waals surface area contributed by atoms with Gasteiger partial charge >= 0.3 is 6.61 Å². The molecule has 0 fully saturated rings. The first-order valence-electron chi connectivity index (χ1n) is 11.4. The molecular formula is C25H23F4N5O3. The summed E-state index contributed by atoms with van der Waals surface area (Å²) in [4.78, 5) is 30.4. The summed E-state index contributed by atoms with van der Waals surface area (Å²) in [6.07, 6.45) is -0.629. The molecule has 0 saturated carbocycles. The van der Waals surface area contributed by atoms with Gasteiger partial charge in [-0.25, -0.2) is 13.8 Å². The Morgan fingerprint density at radius 1 is 1.19 bits per heavy atom. The van der Waals surface area contributed by atoms with Crippen LogP contribution in [-0.4, -0.2) is 39.2 Å². The fraction of sp³-hybridized carbons (Fsp3) is 0.320. The number of anilines is 1. The van der Waals surface area contributed by atoms with Crippen LogP contribution >= 0.6 is 0 Å². The van der Waals surface area contributed by atoms with Crippen LogP contribution in [0.25, 0.3) is 11.4 Å². The first-order valence-corrected chi connectivity index (χ1v) is 11.4. The molecule has 37 heavy (non-hydrogen) atoms. The van der Waals surface area contributed by atoms with Crippen LogP contribution in [0.3, 0.4) is 0 Å². The minimum Gasteiger partial charge on any atom is -0.434 e. The number of alkyl halides is 4. The number of carbonyl (C=O) groups is 2. The lowest BCUT2D eigenvalue weighted by Crippen LogP contribution is -2.33. The van der Waals surface area contributed by atoms with Crippen LogP contribution in [0, 0.1) is 12.8 Å². The standard InChI is InChI=1S/C25H23F4N5O3/c1-4-25(28,29)16-7-5-6-15(10-16)11-19(35)21-13(2)33-34(23(21)36)17-8-9-20(37-24(26)27)18(12-17)22-30-14(3)31-32-22/h5-10,12,21,24H,4,11H2,1-3H3,(H,30,31,32). The van der Waals surface area contributed by atoms with Crippen LogP contribution in [-0.2, 0) is 21.9 Å². The number of aryl methyl sites for hydroxylation is 1. The number of benzene rings is 2. The maximum Gasteiger partial charge on any atom is 0.387 e. The van der Waals surface area contributed by atoms with Crippen molar-refractivity contribution in [2.24, 2.45) is 11.0 Å². The van der Waals surface area contributed by atoms with Crippen LogP contribution < -0.4 is 9.75 Å². The molecule has 2 aromatic carbocycles. The number of rotatable bonds is 9. The number of aromatic amines is 1. The molecule has 1 amide bonds. The largest absolute Gasteiger partial charge is 0.434 e. The molecule has 1 N–H and O–H groups in total. The number of hydrazone groups is 1. The van der Waals surface area contributed by atoms with Crippen molar-refractivity contribution in [3.8, 4) is 17.1 Å². The van der Waals surface area contributed by atoms with Gasteiger partial charge in [-0.2, -0.15) is 24.0 Å². The Bertz CT molecular complexity index is 1370. The SMILES string of the molecule is CCC(F)(F)c1cccc(CC(=O)C2C(=O)N(c3ccc(OC(F)F)c(-c4n[nH]c(C)n4)c3)N=C2C)c1. The van der Waals surface area contributed by atoms with E-state index in [1.807, 2.05) is 0 Å². The smallest absolute Gasteiger partial charge is 0.387 e. The molecule has 0 spiro atoms. The lowest BCUT2D eigenvalue weighted by Gasteiger charge is -2.17. The van der Waals surface area contributed by atoms with Crippen molar-refractivity contribution >= 4 is 23.1 Å². The van der Waals surface area contributed by atoms with E-state index in [4.69, 9.17) is 0 Å². The molecule has 1 aliphatic rings. The van der Waals surface area contributed by atoms with Gasteiger partial charge in [-0.15, -0.1) is 0 Å². The molecule has 2 heterocycles. The highest BCUT2D eigenvalue weighted by atomic mass is 19.3. The van der Waals surface area contributed by atoms with E-state index in [1.54, 1.807) is 13.0 Å². The number of hydrogen-bond donors (Lipinski definition) is 1. The molecule has 1 unspecified atom stereocenters. The Hall–Kier alpha value is -4.09. The number of halogens is 4. The summed E-state index contributed by atoms with van der Waals surface area (Å²) >= 11 is 0. The Labute approximate surface area is 209 Å². The van der Waals surface area contributed by atoms with Crippen molar-refractivity contribution in [1.82, 2.24) is 15.2 Å². The van der Waals surface area contributed by atoms with Crippen LogP contribution in [0.4, 0.5) is 23.2 Å². The van der Waals surface area contributed by atoms with E-state index in [0.717, 1.165) is 5.01 Å². The van der Waals surface area contributed by atoms with E-state index in [-0.39, 0.29) is 46.9 Å². The molecule has 1 atom stereocenters. The number of ketones is 1. The van der Waals surface area contributed by atoms with Gasteiger partial charge in [-0.1, -0.05) is 25.1 Å². The van der Waals surface area contributed by atoms with Gasteiger partial charge in [0, 0.05) is 18.4 Å². The second-order valence-electron chi connectivity index (χ2n) is 8.53. The number of H-pyrrole nitrogens is 1. The highest BCUT2D eigenvalue weighted by molar-refractivity contribution is 6.27. The molecule has 0 aliphatic carbocycles. The highest BCUT2D eigenvalue weighted by Gasteiger charge is 2.40. The predicted octanol–water partition coefficient (Wildman–Crippen LogP) is 5.03. The number of hydrogen-bond acceptors (Lipinski definition) is 6. The summed E-state index contributed by atoms with van der Waals surface area (Å²) in [5.41, 5.74) is 0.638. The summed E-state index contributed by atoms with van der Waals surface area (Å²) in [6, 6.07) is 9.48. The second kappa shape index (κ2) is 10.1. The van der Waals surface area contributed by atoms with Crippen molar-refractivity contribution in [2.75, 3.05) is 5.01 Å². The van der Waals surface area contributed by atoms with Crippen molar-refractivity contribution in [1.29, 1.82) is 0 Å². The number of amides is 1. The average molecular weight is 517 g/mol. The molecule has 1 aliphatic heterocycles. The van der Waals surface area contributed by atoms with Crippen LogP contribution in [0.2, 0.25) is 0 Å². The minimum absolute atomic E-state index is 0.0683. The first-order chi connectivity index (χ1) is 17.5. The maximum absolute atomic E-state index is 14.1. The third-order valence-corrected chi connectivity index (χ3v) is 5.89. The zero-order valence-electron chi connectivity index (χ0n) is 20.1. The maximum atomic E-state index is 14.1. The quantitative estimate of drug-likeness (QED) is 0.317. The molecule has 0 bridgehead atoms. The molecule has 1 aromatic heterocycles. The molecular weight excluding hydrogens is 494 g/mol. The summed E-state index contributed by atoms with van der Waals surface area (Å²) in [5.74, 6) is -5.12. The monoisotopic (exact) mass is 517 g/mol. The average Bonchev–Trinajstić information content (AvgIpc) is 3.41. The van der Waals surface area contributed by atoms with Crippen LogP contribution in [0.1, 0.15) is 37.2 Å². The fourth-order valence-electron chi connectivity index (χ4n) is 4.02. The summed E-state index contributed by atoms with van der Waals surface area (Å²) in [6.45, 7) is 1.40. The van der Waals surface area contributed by atoms with E-state index in [1.165, 1.54) is 50.2 Å². The topological polar surface area (TPSA) is 101 Å². The van der Waals surface area contributed by atoms with Crippen LogP contribution in [0.5, 0.6) is 5.75 Å². The van der Waals surface area contributed by atoms with E-state index < -0.39 is 30.1 Å². The van der Waals surface area contributed by atoms with Gasteiger partial charge < -0.3 is 4.74 Å². The number of nitrogens with zero attached hydrogens (tertiary/aromatic N) is 4. The van der Waals surface area contributed by atoms with E-state index in [2.05, 4.69) is 25.0 Å². The number of Topliss-reactive ketones (excluding diaryl/α,β-unsaturated/α-hetero) is 1. The highest BCUT2D eigenvalue weighted by Crippen LogP contribution is 2.36. The lowest BCUT2D eigenvalue weighted by molar-refractivity contribution is -0.128. The molecule has 0 radical (unpaired) electrons. The molecule has 194 valence electrons. The van der Waals surface area contributed by atoms with Crippen LogP contribution in [0.15, 0.2) is 47.6 Å². The van der Waals surface area contributed by atoms with Crippen molar-refractivity contribution < 1.29 is 31.9 Å². The Kier molecular flexibility index (Phi) is 7.10. The van der Waals surface area contributed by atoms with E-state index in [9.17, 15) is 27.2 Å². The normalized spacial score (nSPS) is 15.9. The third kappa shape index (κ3) is 5.37. The van der Waals surface area contributed by atoms with Crippen molar-refractivity contribution in [3.05, 3.63) is 59.4 Å². The summed E-state index contributed by atoms with van der Waals surface area (Å²) < 4.78 is 58.6. The van der Waals surface area contributed by atoms with E-state index in [0.29, 0.717) is 11.4 Å². The number of ether oxygens (including phenoxy) is 1. The van der Waals surface area contributed by atoms with Crippen molar-refractivity contribution in [3.63, 3.8) is 0 Å². The Morgan fingerprint density at radius 2 is 1.95 bits per heavy atom. The number of nitrogens with one attached hydrogen (secondary N) is 1. The van der Waals surface area contributed by atoms with E-state index >= 15 is 0 Å². The molecule has 3 aromatic rings. The zero-order valence-corrected chi connectivity index (χ0v) is 20.1. The van der Waals surface area contributed by atoms with Gasteiger partial charge in [0.2, 0.25) is 0 Å². The first kappa shape index (κ1) is 26.0. The van der Waals surface area contributed by atoms with Gasteiger partial charge in [0.05, 0.1) is 17.0 Å². The minimum atomic E-state index is -3.10. The fourth-order valence-corrected chi connectivity index (χ4v) is 4.02. The number of aromatic nitrogens is 3.